The molecule has 0 aliphatic rings. The molecule has 0 saturated carbocycles. The average molecular weight is 269 g/mol. The third-order valence-electron chi connectivity index (χ3n) is 2.85. The van der Waals surface area contributed by atoms with Gasteiger partial charge in [-0.3, -0.25) is 4.79 Å². The van der Waals surface area contributed by atoms with Gasteiger partial charge in [0, 0.05) is 43.0 Å². The van der Waals surface area contributed by atoms with Gasteiger partial charge in [-0.05, 0) is 18.2 Å². The molecule has 5 heteroatoms. The van der Waals surface area contributed by atoms with Crippen molar-refractivity contribution in [1.29, 1.82) is 0 Å². The van der Waals surface area contributed by atoms with E-state index in [9.17, 15) is 4.79 Å². The highest BCUT2D eigenvalue weighted by molar-refractivity contribution is 6.08. The molecular formula is C15H17N4O+. The van der Waals surface area contributed by atoms with Crippen molar-refractivity contribution < 1.29 is 9.78 Å². The molecule has 0 saturated heterocycles. The first-order valence-corrected chi connectivity index (χ1v) is 6.20. The van der Waals surface area contributed by atoms with Crippen LogP contribution in [0.25, 0.3) is 0 Å². The second kappa shape index (κ2) is 5.97. The number of aromatic nitrogens is 1. The van der Waals surface area contributed by atoms with E-state index in [1.54, 1.807) is 36.7 Å². The quantitative estimate of drug-likeness (QED) is 0.670. The van der Waals surface area contributed by atoms with Crippen LogP contribution >= 0.6 is 0 Å². The van der Waals surface area contributed by atoms with Gasteiger partial charge in [0.2, 0.25) is 0 Å². The SMILES string of the molecule is CN(C)c1cccc(C(=O)N=C(N)c2cc[nH+]cc2)c1. The van der Waals surface area contributed by atoms with Gasteiger partial charge in [-0.1, -0.05) is 6.07 Å². The summed E-state index contributed by atoms with van der Waals surface area (Å²) in [5, 5.41) is 0. The van der Waals surface area contributed by atoms with E-state index in [-0.39, 0.29) is 11.7 Å². The fourth-order valence-electron chi connectivity index (χ4n) is 1.71. The number of anilines is 1. The number of nitrogens with two attached hydrogens (primary N) is 1. The van der Waals surface area contributed by atoms with E-state index in [0.717, 1.165) is 5.69 Å². The molecule has 0 atom stereocenters. The normalized spacial score (nSPS) is 11.2. The number of aliphatic imine (C=N–C) groups is 1. The van der Waals surface area contributed by atoms with Crippen LogP contribution in [0.1, 0.15) is 15.9 Å². The van der Waals surface area contributed by atoms with Crippen molar-refractivity contribution >= 4 is 17.4 Å². The summed E-state index contributed by atoms with van der Waals surface area (Å²) in [6.45, 7) is 0. The first kappa shape index (κ1) is 13.7. The molecular weight excluding hydrogens is 252 g/mol. The van der Waals surface area contributed by atoms with Gasteiger partial charge in [0.1, 0.15) is 5.84 Å². The molecule has 102 valence electrons. The van der Waals surface area contributed by atoms with Crippen LogP contribution in [-0.2, 0) is 0 Å². The number of hydrogen-bond donors (Lipinski definition) is 1. The zero-order chi connectivity index (χ0) is 14.5. The summed E-state index contributed by atoms with van der Waals surface area (Å²) in [5.74, 6) is -0.140. The van der Waals surface area contributed by atoms with E-state index in [2.05, 4.69) is 9.98 Å². The molecule has 5 nitrogen and oxygen atoms in total. The minimum Gasteiger partial charge on any atom is -0.383 e. The van der Waals surface area contributed by atoms with Crippen LogP contribution in [0.4, 0.5) is 5.69 Å². The fourth-order valence-corrected chi connectivity index (χ4v) is 1.71. The number of benzene rings is 1. The number of nitrogens with one attached hydrogen (secondary N) is 1. The van der Waals surface area contributed by atoms with Crippen LogP contribution in [0.15, 0.2) is 53.8 Å². The van der Waals surface area contributed by atoms with E-state index in [1.807, 2.05) is 31.1 Å². The molecule has 0 unspecified atom stereocenters. The molecule has 0 spiro atoms. The molecule has 0 aliphatic heterocycles. The lowest BCUT2D eigenvalue weighted by Gasteiger charge is -2.12. The Kier molecular flexibility index (Phi) is 4.10. The molecule has 1 aromatic carbocycles. The van der Waals surface area contributed by atoms with Gasteiger partial charge in [-0.25, -0.2) is 4.98 Å². The molecule has 2 rings (SSSR count). The Labute approximate surface area is 117 Å². The van der Waals surface area contributed by atoms with Crippen molar-refractivity contribution in [2.24, 2.45) is 10.7 Å². The van der Waals surface area contributed by atoms with Crippen LogP contribution in [0.3, 0.4) is 0 Å². The lowest BCUT2D eigenvalue weighted by atomic mass is 10.2. The molecule has 0 radical (unpaired) electrons. The highest BCUT2D eigenvalue weighted by Gasteiger charge is 2.08. The Morgan fingerprint density at radius 1 is 1.15 bits per heavy atom. The van der Waals surface area contributed by atoms with Crippen molar-refractivity contribution in [3.05, 3.63) is 59.9 Å². The highest BCUT2D eigenvalue weighted by Crippen LogP contribution is 2.14. The van der Waals surface area contributed by atoms with Crippen molar-refractivity contribution in [3.63, 3.8) is 0 Å². The molecule has 1 amide bonds. The van der Waals surface area contributed by atoms with Gasteiger partial charge in [-0.2, -0.15) is 4.99 Å². The molecule has 3 N–H and O–H groups in total. The largest absolute Gasteiger partial charge is 0.383 e. The van der Waals surface area contributed by atoms with E-state index < -0.39 is 0 Å². The first-order valence-electron chi connectivity index (χ1n) is 6.20. The van der Waals surface area contributed by atoms with Gasteiger partial charge in [0.25, 0.3) is 5.91 Å². The summed E-state index contributed by atoms with van der Waals surface area (Å²) in [6, 6.07) is 10.8. The predicted molar refractivity (Wildman–Crippen MR) is 78.8 cm³/mol. The molecule has 0 bridgehead atoms. The summed E-state index contributed by atoms with van der Waals surface area (Å²) in [7, 11) is 3.84. The Balaban J connectivity index is 2.26. The minimum absolute atomic E-state index is 0.208. The molecule has 2 aromatic rings. The van der Waals surface area contributed by atoms with Crippen LogP contribution in [-0.4, -0.2) is 25.8 Å². The van der Waals surface area contributed by atoms with Gasteiger partial charge < -0.3 is 10.6 Å². The molecule has 1 aromatic heterocycles. The number of pyridine rings is 1. The van der Waals surface area contributed by atoms with Crippen molar-refractivity contribution in [3.8, 4) is 0 Å². The maximum atomic E-state index is 12.1. The zero-order valence-corrected chi connectivity index (χ0v) is 11.5. The maximum absolute atomic E-state index is 12.1. The molecule has 1 heterocycles. The van der Waals surface area contributed by atoms with Crippen LogP contribution < -0.4 is 15.6 Å². The summed E-state index contributed by atoms with van der Waals surface area (Å²) < 4.78 is 0. The Bertz CT molecular complexity index is 635. The molecule has 20 heavy (non-hydrogen) atoms. The lowest BCUT2D eigenvalue weighted by molar-refractivity contribution is -0.378. The predicted octanol–water partition coefficient (Wildman–Crippen LogP) is 1.11. The van der Waals surface area contributed by atoms with E-state index in [4.69, 9.17) is 5.73 Å². The van der Waals surface area contributed by atoms with Crippen LogP contribution in [0.2, 0.25) is 0 Å². The number of amidine groups is 1. The Morgan fingerprint density at radius 2 is 1.85 bits per heavy atom. The number of hydrogen-bond acceptors (Lipinski definition) is 2. The van der Waals surface area contributed by atoms with Gasteiger partial charge in [-0.15, -0.1) is 0 Å². The Hall–Kier alpha value is -2.69. The third kappa shape index (κ3) is 3.20. The topological polar surface area (TPSA) is 72.8 Å². The Morgan fingerprint density at radius 3 is 2.50 bits per heavy atom. The second-order valence-electron chi connectivity index (χ2n) is 4.54. The number of H-pyrrole nitrogens is 1. The number of rotatable bonds is 3. The molecule has 0 fully saturated rings. The smallest absolute Gasteiger partial charge is 0.279 e. The van der Waals surface area contributed by atoms with Crippen LogP contribution in [0.5, 0.6) is 0 Å². The number of carbonyl (C=O) groups is 1. The van der Waals surface area contributed by atoms with E-state index in [1.165, 1.54) is 0 Å². The average Bonchev–Trinajstić information content (AvgIpc) is 2.48. The number of carbonyl (C=O) groups excluding carboxylic acids is 1. The van der Waals surface area contributed by atoms with Gasteiger partial charge in [0.05, 0.1) is 0 Å². The van der Waals surface area contributed by atoms with E-state index >= 15 is 0 Å². The van der Waals surface area contributed by atoms with Gasteiger partial charge >= 0.3 is 0 Å². The van der Waals surface area contributed by atoms with Crippen molar-refractivity contribution in [1.82, 2.24) is 0 Å². The second-order valence-corrected chi connectivity index (χ2v) is 4.54. The monoisotopic (exact) mass is 269 g/mol. The summed E-state index contributed by atoms with van der Waals surface area (Å²) in [6.07, 6.45) is 3.46. The third-order valence-corrected chi connectivity index (χ3v) is 2.85. The highest BCUT2D eigenvalue weighted by atomic mass is 16.1. The standard InChI is InChI=1S/C15H16N4O/c1-19(2)13-5-3-4-12(10-13)15(20)18-14(16)11-6-8-17-9-7-11/h3-10H,1-2H3,(H2,16,18,20)/p+1. The van der Waals surface area contributed by atoms with E-state index in [0.29, 0.717) is 11.1 Å². The zero-order valence-electron chi connectivity index (χ0n) is 11.5. The number of aromatic amines is 1. The van der Waals surface area contributed by atoms with Crippen molar-refractivity contribution in [2.75, 3.05) is 19.0 Å². The summed E-state index contributed by atoms with van der Waals surface area (Å²) >= 11 is 0. The van der Waals surface area contributed by atoms with Gasteiger partial charge in [0.15, 0.2) is 12.4 Å². The maximum Gasteiger partial charge on any atom is 0.279 e. The number of amides is 1. The lowest BCUT2D eigenvalue weighted by Crippen LogP contribution is -2.17. The van der Waals surface area contributed by atoms with Crippen LogP contribution in [0, 0.1) is 0 Å². The first-order chi connectivity index (χ1) is 9.58. The minimum atomic E-state index is -0.348. The van der Waals surface area contributed by atoms with Crippen molar-refractivity contribution in [2.45, 2.75) is 0 Å². The molecule has 0 aliphatic carbocycles. The summed E-state index contributed by atoms with van der Waals surface area (Å²) in [4.78, 5) is 20.9. The summed E-state index contributed by atoms with van der Waals surface area (Å²) in [5.41, 5.74) is 8.00. The number of nitrogens with zero attached hydrogens (tertiary/aromatic N) is 2. The fraction of sp³-hybridized carbons (Fsp3) is 0.133.